The Morgan fingerprint density at radius 1 is 1.39 bits per heavy atom. The van der Waals surface area contributed by atoms with Crippen LogP contribution in [0, 0.1) is 10.1 Å². The highest BCUT2D eigenvalue weighted by Crippen LogP contribution is 2.26. The SMILES string of the molecule is Cn1nc([N+](=O)[O-])c2[nH]c3ccccc3c2c1=O. The Morgan fingerprint density at radius 3 is 2.83 bits per heavy atom. The molecule has 0 bridgehead atoms. The van der Waals surface area contributed by atoms with Crippen LogP contribution in [0.1, 0.15) is 0 Å². The number of rotatable bonds is 1. The van der Waals surface area contributed by atoms with E-state index in [4.69, 9.17) is 0 Å². The molecule has 2 heterocycles. The summed E-state index contributed by atoms with van der Waals surface area (Å²) in [7, 11) is 1.40. The van der Waals surface area contributed by atoms with Crippen LogP contribution in [-0.4, -0.2) is 19.7 Å². The molecule has 0 aliphatic carbocycles. The maximum Gasteiger partial charge on any atom is 0.412 e. The van der Waals surface area contributed by atoms with Crippen molar-refractivity contribution in [1.29, 1.82) is 0 Å². The number of hydrogen-bond acceptors (Lipinski definition) is 4. The Kier molecular flexibility index (Phi) is 1.97. The summed E-state index contributed by atoms with van der Waals surface area (Å²) in [6.45, 7) is 0. The predicted molar refractivity (Wildman–Crippen MR) is 65.5 cm³/mol. The Morgan fingerprint density at radius 2 is 2.11 bits per heavy atom. The molecular weight excluding hydrogens is 236 g/mol. The second kappa shape index (κ2) is 3.39. The van der Waals surface area contributed by atoms with Crippen LogP contribution < -0.4 is 5.56 Å². The van der Waals surface area contributed by atoms with Crippen molar-refractivity contribution in [1.82, 2.24) is 14.8 Å². The van der Waals surface area contributed by atoms with Gasteiger partial charge in [0.2, 0.25) is 0 Å². The Bertz CT molecular complexity index is 846. The lowest BCUT2D eigenvalue weighted by molar-refractivity contribution is -0.388. The minimum Gasteiger partial charge on any atom is -0.358 e. The summed E-state index contributed by atoms with van der Waals surface area (Å²) in [4.78, 5) is 25.3. The molecule has 90 valence electrons. The molecule has 0 spiro atoms. The van der Waals surface area contributed by atoms with E-state index in [9.17, 15) is 14.9 Å². The van der Waals surface area contributed by atoms with Crippen LogP contribution in [0.2, 0.25) is 0 Å². The van der Waals surface area contributed by atoms with Gasteiger partial charge in [0.1, 0.15) is 0 Å². The molecule has 7 nitrogen and oxygen atoms in total. The largest absolute Gasteiger partial charge is 0.412 e. The van der Waals surface area contributed by atoms with E-state index in [0.717, 1.165) is 4.68 Å². The summed E-state index contributed by atoms with van der Waals surface area (Å²) in [5.41, 5.74) is 0.498. The number of nitrogens with one attached hydrogen (secondary N) is 1. The van der Waals surface area contributed by atoms with Gasteiger partial charge in [0, 0.05) is 10.9 Å². The second-order valence-electron chi connectivity index (χ2n) is 3.93. The van der Waals surface area contributed by atoms with Crippen molar-refractivity contribution in [3.63, 3.8) is 0 Å². The molecule has 1 aromatic carbocycles. The number of fused-ring (bicyclic) bond motifs is 3. The zero-order chi connectivity index (χ0) is 12.9. The van der Waals surface area contributed by atoms with E-state index in [0.29, 0.717) is 16.3 Å². The third-order valence-electron chi connectivity index (χ3n) is 2.86. The quantitative estimate of drug-likeness (QED) is 0.516. The third-order valence-corrected chi connectivity index (χ3v) is 2.86. The van der Waals surface area contributed by atoms with Gasteiger partial charge in [-0.25, -0.2) is 0 Å². The van der Waals surface area contributed by atoms with Crippen molar-refractivity contribution in [2.75, 3.05) is 0 Å². The number of para-hydroxylation sites is 1. The van der Waals surface area contributed by atoms with Crippen LogP contribution in [0.15, 0.2) is 29.1 Å². The minimum absolute atomic E-state index is 0.171. The van der Waals surface area contributed by atoms with Crippen LogP contribution in [0.25, 0.3) is 21.8 Å². The molecule has 0 atom stereocenters. The van der Waals surface area contributed by atoms with E-state index in [1.165, 1.54) is 7.05 Å². The molecule has 0 amide bonds. The lowest BCUT2D eigenvalue weighted by atomic mass is 10.2. The van der Waals surface area contributed by atoms with Crippen LogP contribution in [0.3, 0.4) is 0 Å². The highest BCUT2D eigenvalue weighted by Gasteiger charge is 2.22. The summed E-state index contributed by atoms with van der Waals surface area (Å²) >= 11 is 0. The first-order valence-electron chi connectivity index (χ1n) is 5.21. The molecule has 0 aliphatic heterocycles. The number of nitro groups is 1. The van der Waals surface area contributed by atoms with E-state index in [2.05, 4.69) is 10.1 Å². The van der Waals surface area contributed by atoms with Gasteiger partial charge in [-0.3, -0.25) is 4.79 Å². The van der Waals surface area contributed by atoms with E-state index < -0.39 is 4.92 Å². The highest BCUT2D eigenvalue weighted by molar-refractivity contribution is 6.08. The molecule has 3 aromatic rings. The Balaban J connectivity index is 2.66. The lowest BCUT2D eigenvalue weighted by Gasteiger charge is -1.95. The first-order chi connectivity index (χ1) is 8.59. The van der Waals surface area contributed by atoms with E-state index >= 15 is 0 Å². The Labute approximate surface area is 99.8 Å². The molecule has 0 aliphatic rings. The fourth-order valence-electron chi connectivity index (χ4n) is 2.06. The average Bonchev–Trinajstić information content (AvgIpc) is 2.72. The molecule has 0 radical (unpaired) electrons. The van der Waals surface area contributed by atoms with E-state index in [-0.39, 0.29) is 16.9 Å². The normalized spacial score (nSPS) is 11.2. The lowest BCUT2D eigenvalue weighted by Crippen LogP contribution is -2.20. The average molecular weight is 244 g/mol. The van der Waals surface area contributed by atoms with Gasteiger partial charge in [-0.2, -0.15) is 0 Å². The number of benzene rings is 1. The molecule has 0 saturated heterocycles. The van der Waals surface area contributed by atoms with Crippen molar-refractivity contribution >= 4 is 27.6 Å². The van der Waals surface area contributed by atoms with Gasteiger partial charge in [-0.05, 0) is 11.0 Å². The van der Waals surface area contributed by atoms with Crippen molar-refractivity contribution in [2.24, 2.45) is 7.05 Å². The van der Waals surface area contributed by atoms with Gasteiger partial charge in [-0.15, -0.1) is 4.68 Å². The van der Waals surface area contributed by atoms with Gasteiger partial charge in [0.25, 0.3) is 5.56 Å². The van der Waals surface area contributed by atoms with Crippen LogP contribution in [0.4, 0.5) is 5.82 Å². The first-order valence-corrected chi connectivity index (χ1v) is 5.21. The fourth-order valence-corrected chi connectivity index (χ4v) is 2.06. The topological polar surface area (TPSA) is 93.8 Å². The zero-order valence-corrected chi connectivity index (χ0v) is 9.38. The summed E-state index contributed by atoms with van der Waals surface area (Å²) in [6, 6.07) is 7.08. The van der Waals surface area contributed by atoms with Gasteiger partial charge in [0.15, 0.2) is 5.52 Å². The standard InChI is InChI=1S/C11H8N4O3/c1-14-11(16)8-6-4-2-3-5-7(6)12-9(8)10(13-14)15(17)18/h2-5,12H,1H3. The Hall–Kier alpha value is -2.70. The van der Waals surface area contributed by atoms with Gasteiger partial charge < -0.3 is 15.1 Å². The maximum absolute atomic E-state index is 12.0. The van der Waals surface area contributed by atoms with Crippen LogP contribution >= 0.6 is 0 Å². The van der Waals surface area contributed by atoms with E-state index in [1.54, 1.807) is 24.3 Å². The molecular formula is C11H8N4O3. The number of aryl methyl sites for hydroxylation is 1. The monoisotopic (exact) mass is 244 g/mol. The first kappa shape index (κ1) is 10.5. The number of hydrogen-bond donors (Lipinski definition) is 1. The van der Waals surface area contributed by atoms with Gasteiger partial charge in [-0.1, -0.05) is 18.2 Å². The third kappa shape index (κ3) is 1.24. The number of aromatic nitrogens is 3. The zero-order valence-electron chi connectivity index (χ0n) is 9.38. The van der Waals surface area contributed by atoms with Crippen molar-refractivity contribution < 1.29 is 4.92 Å². The summed E-state index contributed by atoms with van der Waals surface area (Å²) < 4.78 is 0.987. The summed E-state index contributed by atoms with van der Waals surface area (Å²) in [5.74, 6) is -0.344. The summed E-state index contributed by atoms with van der Waals surface area (Å²) in [6.07, 6.45) is 0. The van der Waals surface area contributed by atoms with Gasteiger partial charge in [0.05, 0.1) is 17.5 Å². The minimum atomic E-state index is -0.600. The van der Waals surface area contributed by atoms with Crippen molar-refractivity contribution in [3.05, 3.63) is 44.7 Å². The maximum atomic E-state index is 12.0. The molecule has 2 aromatic heterocycles. The van der Waals surface area contributed by atoms with Crippen molar-refractivity contribution in [3.8, 4) is 0 Å². The highest BCUT2D eigenvalue weighted by atomic mass is 16.6. The fraction of sp³-hybridized carbons (Fsp3) is 0.0909. The molecule has 18 heavy (non-hydrogen) atoms. The van der Waals surface area contributed by atoms with Crippen LogP contribution in [0.5, 0.6) is 0 Å². The number of aromatic amines is 1. The molecule has 7 heteroatoms. The van der Waals surface area contributed by atoms with Crippen molar-refractivity contribution in [2.45, 2.75) is 0 Å². The number of H-pyrrole nitrogens is 1. The molecule has 1 N–H and O–H groups in total. The van der Waals surface area contributed by atoms with Crippen LogP contribution in [-0.2, 0) is 7.05 Å². The molecule has 3 rings (SSSR count). The number of nitrogens with zero attached hydrogens (tertiary/aromatic N) is 3. The molecule has 0 fully saturated rings. The second-order valence-corrected chi connectivity index (χ2v) is 3.93. The molecule has 0 unspecified atom stereocenters. The smallest absolute Gasteiger partial charge is 0.358 e. The predicted octanol–water partition coefficient (Wildman–Crippen LogP) is 1.32. The van der Waals surface area contributed by atoms with E-state index in [1.807, 2.05) is 0 Å². The summed E-state index contributed by atoms with van der Waals surface area (Å²) in [5, 5.41) is 15.6. The van der Waals surface area contributed by atoms with Gasteiger partial charge >= 0.3 is 5.82 Å². The molecule has 0 saturated carbocycles.